The second-order valence-electron chi connectivity index (χ2n) is 5.43. The van der Waals surface area contributed by atoms with E-state index in [4.69, 9.17) is 0 Å². The Morgan fingerprint density at radius 1 is 1.21 bits per heavy atom. The zero-order chi connectivity index (χ0) is 16.9. The van der Waals surface area contributed by atoms with Crippen molar-refractivity contribution >= 4 is 17.2 Å². The zero-order valence-corrected chi connectivity index (χ0v) is 14.6. The number of thiazole rings is 1. The number of amides is 1. The predicted octanol–water partition coefficient (Wildman–Crippen LogP) is 3.52. The zero-order valence-electron chi connectivity index (χ0n) is 13.8. The normalized spacial score (nSPS) is 10.8. The number of aromatic nitrogens is 3. The molecule has 0 bridgehead atoms. The van der Waals surface area contributed by atoms with Crippen molar-refractivity contribution in [2.45, 2.75) is 33.4 Å². The topological polar surface area (TPSA) is 59.8 Å². The summed E-state index contributed by atoms with van der Waals surface area (Å²) < 4.78 is 1.74. The van der Waals surface area contributed by atoms with Crippen molar-refractivity contribution in [3.63, 3.8) is 0 Å². The van der Waals surface area contributed by atoms with Crippen LogP contribution in [0.4, 0.5) is 0 Å². The number of hydrogen-bond donors (Lipinski definition) is 1. The van der Waals surface area contributed by atoms with Crippen LogP contribution in [0.2, 0.25) is 0 Å². The molecule has 0 atom stereocenters. The predicted molar refractivity (Wildman–Crippen MR) is 96.0 cm³/mol. The smallest absolute Gasteiger partial charge is 0.272 e. The highest BCUT2D eigenvalue weighted by Crippen LogP contribution is 2.24. The van der Waals surface area contributed by atoms with Crippen molar-refractivity contribution in [1.29, 1.82) is 0 Å². The van der Waals surface area contributed by atoms with E-state index in [1.807, 2.05) is 37.4 Å². The van der Waals surface area contributed by atoms with Crippen molar-refractivity contribution in [2.75, 3.05) is 0 Å². The van der Waals surface area contributed by atoms with Crippen LogP contribution in [0.25, 0.3) is 10.6 Å². The Kier molecular flexibility index (Phi) is 5.05. The summed E-state index contributed by atoms with van der Waals surface area (Å²) in [6.07, 6.45) is 2.76. The average Bonchev–Trinajstić information content (AvgIpc) is 3.29. The number of hydrogen-bond acceptors (Lipinski definition) is 4. The maximum absolute atomic E-state index is 12.1. The molecule has 3 rings (SSSR count). The van der Waals surface area contributed by atoms with Gasteiger partial charge >= 0.3 is 0 Å². The second kappa shape index (κ2) is 7.40. The number of nitrogens with zero attached hydrogens (tertiary/aromatic N) is 3. The Bertz CT molecular complexity index is 820. The van der Waals surface area contributed by atoms with Gasteiger partial charge in [-0.15, -0.1) is 11.3 Å². The Morgan fingerprint density at radius 2 is 2.00 bits per heavy atom. The molecule has 0 aliphatic rings. The molecule has 1 N–H and O–H groups in total. The van der Waals surface area contributed by atoms with Crippen molar-refractivity contribution in [3.8, 4) is 10.6 Å². The molecule has 5 nitrogen and oxygen atoms in total. The second-order valence-corrected chi connectivity index (χ2v) is 6.29. The van der Waals surface area contributed by atoms with E-state index >= 15 is 0 Å². The van der Waals surface area contributed by atoms with Gasteiger partial charge in [0.05, 0.1) is 5.69 Å². The molecule has 2 aromatic heterocycles. The first-order chi connectivity index (χ1) is 11.7. The van der Waals surface area contributed by atoms with Crippen LogP contribution in [0.5, 0.6) is 0 Å². The molecule has 0 saturated heterocycles. The van der Waals surface area contributed by atoms with Crippen LogP contribution in [0.15, 0.2) is 41.9 Å². The van der Waals surface area contributed by atoms with Gasteiger partial charge in [-0.05, 0) is 25.0 Å². The van der Waals surface area contributed by atoms with E-state index in [-0.39, 0.29) is 5.91 Å². The lowest BCUT2D eigenvalue weighted by Crippen LogP contribution is -2.23. The highest BCUT2D eigenvalue weighted by Gasteiger charge is 2.09. The summed E-state index contributed by atoms with van der Waals surface area (Å²) in [6, 6.07) is 9.87. The lowest BCUT2D eigenvalue weighted by molar-refractivity contribution is 0.0945. The van der Waals surface area contributed by atoms with Crippen LogP contribution in [-0.2, 0) is 19.5 Å². The molecular formula is C18H20N4OS. The first-order valence-electron chi connectivity index (χ1n) is 8.05. The van der Waals surface area contributed by atoms with Gasteiger partial charge in [-0.1, -0.05) is 31.2 Å². The van der Waals surface area contributed by atoms with Crippen LogP contribution in [0.1, 0.15) is 35.6 Å². The van der Waals surface area contributed by atoms with Gasteiger partial charge in [0.25, 0.3) is 5.91 Å². The molecule has 2 heterocycles. The van der Waals surface area contributed by atoms with Gasteiger partial charge in [-0.2, -0.15) is 5.10 Å². The summed E-state index contributed by atoms with van der Waals surface area (Å²) >= 11 is 1.66. The molecule has 1 amide bonds. The average molecular weight is 340 g/mol. The number of nitrogens with one attached hydrogen (secondary N) is 1. The highest BCUT2D eigenvalue weighted by atomic mass is 32.1. The van der Waals surface area contributed by atoms with Crippen molar-refractivity contribution in [1.82, 2.24) is 20.1 Å². The summed E-state index contributed by atoms with van der Waals surface area (Å²) in [5.41, 5.74) is 3.73. The fourth-order valence-corrected chi connectivity index (χ4v) is 3.21. The minimum atomic E-state index is -0.154. The van der Waals surface area contributed by atoms with Crippen LogP contribution >= 0.6 is 11.3 Å². The molecule has 1 aromatic carbocycles. The minimum Gasteiger partial charge on any atom is -0.347 e. The highest BCUT2D eigenvalue weighted by molar-refractivity contribution is 7.13. The summed E-state index contributed by atoms with van der Waals surface area (Å²) in [6.45, 7) is 5.33. The molecule has 0 saturated carbocycles. The summed E-state index contributed by atoms with van der Waals surface area (Å²) in [5, 5.41) is 10.2. The summed E-state index contributed by atoms with van der Waals surface area (Å²) in [7, 11) is 0. The largest absolute Gasteiger partial charge is 0.347 e. The van der Waals surface area contributed by atoms with Gasteiger partial charge in [-0.25, -0.2) is 4.98 Å². The monoisotopic (exact) mass is 340 g/mol. The molecule has 124 valence electrons. The molecule has 0 spiro atoms. The number of carbonyl (C=O) groups excluding carboxylic acids is 1. The van der Waals surface area contributed by atoms with Crippen LogP contribution in [0.3, 0.4) is 0 Å². The van der Waals surface area contributed by atoms with E-state index in [0.29, 0.717) is 12.2 Å². The maximum Gasteiger partial charge on any atom is 0.272 e. The lowest BCUT2D eigenvalue weighted by Gasteiger charge is -2.04. The Morgan fingerprint density at radius 3 is 2.62 bits per heavy atom. The third-order valence-electron chi connectivity index (χ3n) is 3.77. The fraction of sp³-hybridized carbons (Fsp3) is 0.278. The molecule has 0 fully saturated rings. The van der Waals surface area contributed by atoms with Crippen molar-refractivity contribution in [3.05, 3.63) is 58.9 Å². The fourth-order valence-electron chi connectivity index (χ4n) is 2.30. The molecule has 6 heteroatoms. The van der Waals surface area contributed by atoms with Gasteiger partial charge in [0.15, 0.2) is 0 Å². The van der Waals surface area contributed by atoms with Crippen LogP contribution < -0.4 is 5.32 Å². The van der Waals surface area contributed by atoms with E-state index < -0.39 is 0 Å². The van der Waals surface area contributed by atoms with E-state index in [0.717, 1.165) is 34.8 Å². The number of carbonyl (C=O) groups is 1. The molecule has 0 unspecified atom stereocenters. The third-order valence-corrected chi connectivity index (χ3v) is 4.71. The van der Waals surface area contributed by atoms with E-state index in [9.17, 15) is 4.79 Å². The van der Waals surface area contributed by atoms with Crippen LogP contribution in [-0.4, -0.2) is 20.7 Å². The van der Waals surface area contributed by atoms with Gasteiger partial charge in [-0.3, -0.25) is 9.48 Å². The maximum atomic E-state index is 12.1. The van der Waals surface area contributed by atoms with Crippen molar-refractivity contribution < 1.29 is 4.79 Å². The standard InChI is InChI=1S/C18H20N4OS/c1-3-15-12-24-18(20-15)14-7-5-13(6-8-14)11-19-17(23)16-9-10-22(4-2)21-16/h5-10,12H,3-4,11H2,1-2H3,(H,19,23). The Hall–Kier alpha value is -2.47. The van der Waals surface area contributed by atoms with Gasteiger partial charge in [0.1, 0.15) is 10.7 Å². The van der Waals surface area contributed by atoms with E-state index in [2.05, 4.69) is 27.7 Å². The first kappa shape index (κ1) is 16.4. The van der Waals surface area contributed by atoms with Crippen LogP contribution in [0, 0.1) is 0 Å². The SMILES string of the molecule is CCc1csc(-c2ccc(CNC(=O)c3ccn(CC)n3)cc2)n1. The quantitative estimate of drug-likeness (QED) is 0.747. The lowest BCUT2D eigenvalue weighted by atomic mass is 10.1. The number of rotatable bonds is 6. The Balaban J connectivity index is 1.60. The Labute approximate surface area is 145 Å². The molecule has 0 aliphatic carbocycles. The molecule has 0 radical (unpaired) electrons. The number of benzene rings is 1. The van der Waals surface area contributed by atoms with Gasteiger partial charge in [0.2, 0.25) is 0 Å². The molecular weight excluding hydrogens is 320 g/mol. The summed E-state index contributed by atoms with van der Waals surface area (Å²) in [4.78, 5) is 16.7. The third kappa shape index (κ3) is 3.71. The molecule has 24 heavy (non-hydrogen) atoms. The van der Waals surface area contributed by atoms with Gasteiger partial charge in [0, 0.05) is 30.2 Å². The molecule has 3 aromatic rings. The first-order valence-corrected chi connectivity index (χ1v) is 8.93. The van der Waals surface area contributed by atoms with Gasteiger partial charge < -0.3 is 5.32 Å². The van der Waals surface area contributed by atoms with Crippen molar-refractivity contribution in [2.24, 2.45) is 0 Å². The summed E-state index contributed by atoms with van der Waals surface area (Å²) in [5.74, 6) is -0.154. The molecule has 0 aliphatic heterocycles. The van der Waals surface area contributed by atoms with E-state index in [1.165, 1.54) is 0 Å². The van der Waals surface area contributed by atoms with E-state index in [1.54, 1.807) is 22.1 Å². The number of aryl methyl sites for hydroxylation is 2. The minimum absolute atomic E-state index is 0.154.